The molecular weight excluding hydrogens is 853 g/mol. The second-order valence-electron chi connectivity index (χ2n) is 18.4. The molecule has 15 rings (SSSR count). The van der Waals surface area contributed by atoms with Gasteiger partial charge in [-0.05, 0) is 105 Å². The van der Waals surface area contributed by atoms with E-state index in [2.05, 4.69) is 240 Å². The number of hydrogen-bond acceptors (Lipinski definition) is 4. The molecule has 70 heavy (non-hydrogen) atoms. The van der Waals surface area contributed by atoms with Gasteiger partial charge in [-0.3, -0.25) is 4.57 Å². The van der Waals surface area contributed by atoms with Crippen LogP contribution in [0.3, 0.4) is 0 Å². The second-order valence-corrected chi connectivity index (χ2v) is 18.4. The summed E-state index contributed by atoms with van der Waals surface area (Å²) in [6.45, 7) is 0. The van der Waals surface area contributed by atoms with Crippen LogP contribution in [0.1, 0.15) is 22.3 Å². The zero-order chi connectivity index (χ0) is 45.9. The van der Waals surface area contributed by atoms with Crippen LogP contribution in [0.15, 0.2) is 247 Å². The molecule has 1 atom stereocenters. The standard InChI is InChI=1S/C65H40N4O/c1-4-18-41(19-5-1)54-40-55(42-20-6-2-7-21-42)67-64(66-54)69-56-29-15-11-24-46(56)49-38-43(33-36-57(49)69)44-32-34-52-59(39-44)68(45-22-8-3-9-23-45)58-30-16-14-28-51(58)65(52)50-27-13-10-25-47(50)62-53(65)35-37-61-63(62)48-26-12-17-31-60(48)70-61/h1-40H. The van der Waals surface area contributed by atoms with E-state index in [1.165, 1.54) is 38.8 Å². The molecular formula is C65H40N4O. The van der Waals surface area contributed by atoms with Gasteiger partial charge in [-0.1, -0.05) is 182 Å². The van der Waals surface area contributed by atoms with Crippen molar-refractivity contribution in [2.24, 2.45) is 0 Å². The maximum atomic E-state index is 6.56. The van der Waals surface area contributed by atoms with E-state index in [0.717, 1.165) is 89.1 Å². The molecule has 1 spiro atoms. The fourth-order valence-corrected chi connectivity index (χ4v) is 11.9. The predicted molar refractivity (Wildman–Crippen MR) is 286 cm³/mol. The van der Waals surface area contributed by atoms with Crippen molar-refractivity contribution in [1.82, 2.24) is 14.5 Å². The van der Waals surface area contributed by atoms with Gasteiger partial charge < -0.3 is 9.32 Å². The van der Waals surface area contributed by atoms with Crippen molar-refractivity contribution >= 4 is 60.8 Å². The van der Waals surface area contributed by atoms with Crippen LogP contribution in [0.4, 0.5) is 17.1 Å². The first kappa shape index (κ1) is 38.8. The molecule has 0 saturated heterocycles. The molecule has 2 aliphatic rings. The minimum absolute atomic E-state index is 0.613. The molecule has 326 valence electrons. The number of anilines is 3. The first-order valence-electron chi connectivity index (χ1n) is 23.9. The van der Waals surface area contributed by atoms with Gasteiger partial charge in [-0.15, -0.1) is 0 Å². The van der Waals surface area contributed by atoms with E-state index in [1.807, 2.05) is 12.1 Å². The quantitative estimate of drug-likeness (QED) is 0.173. The Morgan fingerprint density at radius 2 is 0.957 bits per heavy atom. The van der Waals surface area contributed by atoms with Gasteiger partial charge in [-0.2, -0.15) is 0 Å². The Morgan fingerprint density at radius 3 is 1.74 bits per heavy atom. The van der Waals surface area contributed by atoms with E-state index in [-0.39, 0.29) is 0 Å². The summed E-state index contributed by atoms with van der Waals surface area (Å²) in [7, 11) is 0. The van der Waals surface area contributed by atoms with Crippen LogP contribution < -0.4 is 4.90 Å². The van der Waals surface area contributed by atoms with Crippen molar-refractivity contribution in [3.05, 3.63) is 265 Å². The third-order valence-corrected chi connectivity index (χ3v) is 14.8. The Balaban J connectivity index is 0.967. The number of nitrogens with zero attached hydrogens (tertiary/aromatic N) is 4. The summed E-state index contributed by atoms with van der Waals surface area (Å²) in [5, 5.41) is 4.58. The zero-order valence-corrected chi connectivity index (χ0v) is 37.8. The SMILES string of the molecule is c1ccc(-c2cc(-c3ccccc3)nc(-n3c4ccccc4c4cc(-c5ccc6c(c5)N(c5ccccc5)c5ccccc5C65c6ccccc6-c6c5ccc5oc7ccccc7c65)ccc43)n2)cc1. The lowest BCUT2D eigenvalue weighted by Crippen LogP contribution is -2.36. The fourth-order valence-electron chi connectivity index (χ4n) is 11.9. The van der Waals surface area contributed by atoms with Gasteiger partial charge in [0.1, 0.15) is 11.2 Å². The van der Waals surface area contributed by atoms with Crippen molar-refractivity contribution < 1.29 is 4.42 Å². The van der Waals surface area contributed by atoms with Gasteiger partial charge >= 0.3 is 0 Å². The zero-order valence-electron chi connectivity index (χ0n) is 37.8. The Hall–Kier alpha value is -9.32. The largest absolute Gasteiger partial charge is 0.456 e. The lowest BCUT2D eigenvalue weighted by Gasteiger charge is -2.45. The van der Waals surface area contributed by atoms with Crippen LogP contribution in [-0.2, 0) is 5.41 Å². The van der Waals surface area contributed by atoms with E-state index in [4.69, 9.17) is 14.4 Å². The minimum atomic E-state index is -0.613. The summed E-state index contributed by atoms with van der Waals surface area (Å²) in [5.41, 5.74) is 20.3. The lowest BCUT2D eigenvalue weighted by atomic mass is 9.64. The van der Waals surface area contributed by atoms with E-state index in [9.17, 15) is 0 Å². The van der Waals surface area contributed by atoms with Crippen LogP contribution in [0, 0.1) is 0 Å². The minimum Gasteiger partial charge on any atom is -0.456 e. The molecule has 0 saturated carbocycles. The van der Waals surface area contributed by atoms with Gasteiger partial charge in [-0.25, -0.2) is 9.97 Å². The van der Waals surface area contributed by atoms with Crippen LogP contribution in [-0.4, -0.2) is 14.5 Å². The number of furan rings is 1. The smallest absolute Gasteiger partial charge is 0.235 e. The van der Waals surface area contributed by atoms with Gasteiger partial charge in [0.15, 0.2) is 0 Å². The van der Waals surface area contributed by atoms with Crippen LogP contribution in [0.2, 0.25) is 0 Å². The Bertz CT molecular complexity index is 4190. The number of hydrogen-bond donors (Lipinski definition) is 0. The summed E-state index contributed by atoms with van der Waals surface area (Å²) in [6, 6.07) is 87.4. The highest BCUT2D eigenvalue weighted by Gasteiger charge is 2.52. The topological polar surface area (TPSA) is 47.1 Å². The number of aromatic nitrogens is 3. The van der Waals surface area contributed by atoms with Crippen LogP contribution >= 0.6 is 0 Å². The van der Waals surface area contributed by atoms with Crippen molar-refractivity contribution in [3.8, 4) is 50.7 Å². The van der Waals surface area contributed by atoms with Crippen LogP contribution in [0.25, 0.3) is 94.5 Å². The monoisotopic (exact) mass is 892 g/mol. The molecule has 4 heterocycles. The van der Waals surface area contributed by atoms with Gasteiger partial charge in [0.25, 0.3) is 0 Å². The molecule has 0 fully saturated rings. The Morgan fingerprint density at radius 1 is 0.371 bits per heavy atom. The van der Waals surface area contributed by atoms with E-state index >= 15 is 0 Å². The van der Waals surface area contributed by atoms with Gasteiger partial charge in [0.05, 0.1) is 39.2 Å². The molecule has 10 aromatic carbocycles. The molecule has 1 aliphatic carbocycles. The highest BCUT2D eigenvalue weighted by molar-refractivity contribution is 6.16. The first-order valence-corrected chi connectivity index (χ1v) is 23.9. The van der Waals surface area contributed by atoms with E-state index < -0.39 is 5.41 Å². The molecule has 0 bridgehead atoms. The average molecular weight is 893 g/mol. The number of fused-ring (bicyclic) bond motifs is 16. The Labute approximate surface area is 403 Å². The molecule has 5 nitrogen and oxygen atoms in total. The molecule has 13 aromatic rings. The van der Waals surface area contributed by atoms with Crippen molar-refractivity contribution in [2.45, 2.75) is 5.41 Å². The number of rotatable bonds is 5. The molecule has 5 heteroatoms. The molecule has 1 unspecified atom stereocenters. The summed E-state index contributed by atoms with van der Waals surface area (Å²) in [5.74, 6) is 0.633. The van der Waals surface area contributed by atoms with Gasteiger partial charge in [0.2, 0.25) is 5.95 Å². The summed E-state index contributed by atoms with van der Waals surface area (Å²) in [4.78, 5) is 13.1. The molecule has 0 radical (unpaired) electrons. The highest BCUT2D eigenvalue weighted by atomic mass is 16.3. The second kappa shape index (κ2) is 14.8. The first-order chi connectivity index (χ1) is 34.7. The highest BCUT2D eigenvalue weighted by Crippen LogP contribution is 2.65. The third-order valence-electron chi connectivity index (χ3n) is 14.8. The van der Waals surface area contributed by atoms with E-state index in [1.54, 1.807) is 0 Å². The summed E-state index contributed by atoms with van der Waals surface area (Å²) < 4.78 is 8.79. The normalized spacial score (nSPS) is 14.6. The predicted octanol–water partition coefficient (Wildman–Crippen LogP) is 16.6. The maximum absolute atomic E-state index is 6.56. The lowest BCUT2D eigenvalue weighted by molar-refractivity contribution is 0.668. The van der Waals surface area contributed by atoms with Crippen LogP contribution in [0.5, 0.6) is 0 Å². The molecule has 3 aromatic heterocycles. The van der Waals surface area contributed by atoms with Crippen molar-refractivity contribution in [3.63, 3.8) is 0 Å². The van der Waals surface area contributed by atoms with Crippen molar-refractivity contribution in [1.29, 1.82) is 0 Å². The molecule has 0 amide bonds. The maximum Gasteiger partial charge on any atom is 0.235 e. The van der Waals surface area contributed by atoms with Gasteiger partial charge in [0, 0.05) is 38.4 Å². The number of para-hydroxylation sites is 4. The Kier molecular flexibility index (Phi) is 8.21. The fraction of sp³-hybridized carbons (Fsp3) is 0.0154. The average Bonchev–Trinajstić information content (AvgIpc) is 4.08. The van der Waals surface area contributed by atoms with Crippen molar-refractivity contribution in [2.75, 3.05) is 4.90 Å². The summed E-state index contributed by atoms with van der Waals surface area (Å²) in [6.07, 6.45) is 0. The molecule has 0 N–H and O–H groups in total. The summed E-state index contributed by atoms with van der Waals surface area (Å²) >= 11 is 0. The third kappa shape index (κ3) is 5.43. The van der Waals surface area contributed by atoms with E-state index in [0.29, 0.717) is 5.95 Å². The number of benzene rings is 10. The molecule has 1 aliphatic heterocycles.